The van der Waals surface area contributed by atoms with E-state index >= 15 is 0 Å². The van der Waals surface area contributed by atoms with Crippen molar-refractivity contribution in [2.24, 2.45) is 0 Å². The van der Waals surface area contributed by atoms with E-state index < -0.39 is 0 Å². The van der Waals surface area contributed by atoms with Gasteiger partial charge in [0.05, 0.1) is 22.8 Å². The van der Waals surface area contributed by atoms with Crippen molar-refractivity contribution < 1.29 is 9.53 Å². The summed E-state index contributed by atoms with van der Waals surface area (Å²) in [6.45, 7) is 7.56. The normalized spacial score (nSPS) is 17.6. The van der Waals surface area contributed by atoms with Crippen LogP contribution in [0.1, 0.15) is 41.3 Å². The van der Waals surface area contributed by atoms with Crippen LogP contribution in [0.15, 0.2) is 40.9 Å². The first kappa shape index (κ1) is 20.3. The fraction of sp³-hybridized carbons (Fsp3) is 0.409. The van der Waals surface area contributed by atoms with Gasteiger partial charge in [-0.25, -0.2) is 0 Å². The predicted molar refractivity (Wildman–Crippen MR) is 118 cm³/mol. The molecule has 1 saturated heterocycles. The first-order chi connectivity index (χ1) is 14.0. The zero-order chi connectivity index (χ0) is 20.4. The number of nitrogens with zero attached hydrogens (tertiary/aromatic N) is 3. The van der Waals surface area contributed by atoms with Crippen molar-refractivity contribution in [2.75, 3.05) is 6.61 Å². The molecule has 0 bridgehead atoms. The Morgan fingerprint density at radius 3 is 2.86 bits per heavy atom. The minimum atomic E-state index is -0.249. The molecule has 0 radical (unpaired) electrons. The van der Waals surface area contributed by atoms with Gasteiger partial charge in [-0.15, -0.1) is 21.5 Å². The number of carbonyl (C=O) groups is 1. The number of thioether (sulfide) groups is 1. The lowest BCUT2D eigenvalue weighted by atomic mass is 10.0. The number of aromatic nitrogens is 3. The molecule has 2 atom stereocenters. The molecule has 3 heterocycles. The highest BCUT2D eigenvalue weighted by Gasteiger charge is 2.25. The second-order valence-electron chi connectivity index (χ2n) is 7.45. The summed E-state index contributed by atoms with van der Waals surface area (Å²) in [7, 11) is 0. The van der Waals surface area contributed by atoms with Crippen LogP contribution in [-0.2, 0) is 11.3 Å². The van der Waals surface area contributed by atoms with E-state index in [1.165, 1.54) is 17.3 Å². The van der Waals surface area contributed by atoms with E-state index in [9.17, 15) is 4.79 Å². The summed E-state index contributed by atoms with van der Waals surface area (Å²) in [6, 6.07) is 9.97. The number of thiophene rings is 1. The molecule has 29 heavy (non-hydrogen) atoms. The number of rotatable bonds is 7. The van der Waals surface area contributed by atoms with Gasteiger partial charge in [0, 0.05) is 12.2 Å². The largest absolute Gasteiger partial charge is 0.376 e. The van der Waals surface area contributed by atoms with Gasteiger partial charge in [-0.1, -0.05) is 30.0 Å². The lowest BCUT2D eigenvalue weighted by Crippen LogP contribution is -2.19. The van der Waals surface area contributed by atoms with Gasteiger partial charge in [0.25, 0.3) is 0 Å². The number of ether oxygens (including phenoxy) is 1. The van der Waals surface area contributed by atoms with Crippen molar-refractivity contribution in [3.05, 3.63) is 52.4 Å². The van der Waals surface area contributed by atoms with Crippen LogP contribution in [0.4, 0.5) is 0 Å². The van der Waals surface area contributed by atoms with E-state index in [1.807, 2.05) is 43.5 Å². The van der Waals surface area contributed by atoms with Gasteiger partial charge in [0.15, 0.2) is 16.8 Å². The molecule has 1 aliphatic heterocycles. The molecule has 2 unspecified atom stereocenters. The van der Waals surface area contributed by atoms with E-state index in [1.54, 1.807) is 11.3 Å². The fourth-order valence-corrected chi connectivity index (χ4v) is 5.11. The number of aryl methyl sites for hydroxylation is 2. The third-order valence-electron chi connectivity index (χ3n) is 5.31. The van der Waals surface area contributed by atoms with Crippen molar-refractivity contribution >= 4 is 28.9 Å². The van der Waals surface area contributed by atoms with E-state index in [0.717, 1.165) is 46.4 Å². The summed E-state index contributed by atoms with van der Waals surface area (Å²) in [5, 5.41) is 11.4. The Labute approximate surface area is 179 Å². The zero-order valence-electron chi connectivity index (χ0n) is 16.9. The Balaban J connectivity index is 1.58. The molecule has 4 rings (SSSR count). The summed E-state index contributed by atoms with van der Waals surface area (Å²) < 4.78 is 7.97. The quantitative estimate of drug-likeness (QED) is 0.385. The Hall–Kier alpha value is -1.96. The maximum absolute atomic E-state index is 13.0. The minimum absolute atomic E-state index is 0.113. The summed E-state index contributed by atoms with van der Waals surface area (Å²) in [4.78, 5) is 14.1. The van der Waals surface area contributed by atoms with Crippen LogP contribution in [-0.4, -0.2) is 38.5 Å². The molecule has 0 N–H and O–H groups in total. The zero-order valence-corrected chi connectivity index (χ0v) is 18.6. The van der Waals surface area contributed by atoms with Crippen LogP contribution in [0.5, 0.6) is 0 Å². The standard InChI is InChI=1S/C22H25N3O2S2/c1-14-8-9-17(12-15(14)2)20(26)16(3)29-22-24-23-21(19-7-5-11-28-19)25(22)13-18-6-4-10-27-18/h5,7-9,11-12,16,18H,4,6,10,13H2,1-3H3. The molecule has 2 aromatic heterocycles. The van der Waals surface area contributed by atoms with E-state index in [0.29, 0.717) is 6.54 Å². The number of hydrogen-bond acceptors (Lipinski definition) is 6. The second-order valence-corrected chi connectivity index (χ2v) is 9.71. The van der Waals surface area contributed by atoms with Crippen LogP contribution in [0.25, 0.3) is 10.7 Å². The lowest BCUT2D eigenvalue weighted by molar-refractivity contribution is 0.0953. The summed E-state index contributed by atoms with van der Waals surface area (Å²) in [5.74, 6) is 0.964. The third kappa shape index (κ3) is 4.47. The van der Waals surface area contributed by atoms with Crippen LogP contribution < -0.4 is 0 Å². The van der Waals surface area contributed by atoms with Gasteiger partial charge in [0.2, 0.25) is 0 Å². The summed E-state index contributed by atoms with van der Waals surface area (Å²) in [5.41, 5.74) is 3.07. The van der Waals surface area contributed by atoms with Crippen molar-refractivity contribution in [3.63, 3.8) is 0 Å². The Kier molecular flexibility index (Phi) is 6.18. The third-order valence-corrected chi connectivity index (χ3v) is 7.26. The van der Waals surface area contributed by atoms with Crippen LogP contribution in [0.3, 0.4) is 0 Å². The molecule has 0 spiro atoms. The minimum Gasteiger partial charge on any atom is -0.376 e. The molecule has 3 aromatic rings. The monoisotopic (exact) mass is 427 g/mol. The Morgan fingerprint density at radius 1 is 1.31 bits per heavy atom. The van der Waals surface area contributed by atoms with Crippen LogP contribution >= 0.6 is 23.1 Å². The summed E-state index contributed by atoms with van der Waals surface area (Å²) in [6.07, 6.45) is 2.31. The first-order valence-corrected chi connectivity index (χ1v) is 11.7. The van der Waals surface area contributed by atoms with Crippen molar-refractivity contribution in [2.45, 2.75) is 56.7 Å². The molecule has 1 aromatic carbocycles. The highest BCUT2D eigenvalue weighted by Crippen LogP contribution is 2.31. The van der Waals surface area contributed by atoms with Gasteiger partial charge < -0.3 is 4.74 Å². The van der Waals surface area contributed by atoms with Gasteiger partial charge in [-0.2, -0.15) is 0 Å². The van der Waals surface area contributed by atoms with Crippen molar-refractivity contribution in [1.82, 2.24) is 14.8 Å². The molecule has 1 fully saturated rings. The van der Waals surface area contributed by atoms with Gasteiger partial charge in [-0.05, 0) is 62.3 Å². The van der Waals surface area contributed by atoms with Crippen LogP contribution in [0.2, 0.25) is 0 Å². The topological polar surface area (TPSA) is 57.0 Å². The maximum atomic E-state index is 13.0. The Bertz CT molecular complexity index is 992. The molecule has 0 aliphatic carbocycles. The van der Waals surface area contributed by atoms with E-state index in [-0.39, 0.29) is 17.1 Å². The van der Waals surface area contributed by atoms with E-state index in [2.05, 4.69) is 27.8 Å². The first-order valence-electron chi connectivity index (χ1n) is 9.89. The smallest absolute Gasteiger partial charge is 0.192 e. The average Bonchev–Trinajstić information content (AvgIpc) is 3.47. The molecule has 0 amide bonds. The number of Topliss-reactive ketones (excluding diaryl/α,β-unsaturated/α-hetero) is 1. The van der Waals surface area contributed by atoms with Crippen molar-refractivity contribution in [3.8, 4) is 10.7 Å². The number of carbonyl (C=O) groups excluding carboxylic acids is 1. The Morgan fingerprint density at radius 2 is 2.17 bits per heavy atom. The molecule has 1 aliphatic rings. The lowest BCUT2D eigenvalue weighted by Gasteiger charge is -2.16. The number of benzene rings is 1. The van der Waals surface area contributed by atoms with Gasteiger partial charge in [0.1, 0.15) is 0 Å². The average molecular weight is 428 g/mol. The van der Waals surface area contributed by atoms with E-state index in [4.69, 9.17) is 4.74 Å². The summed E-state index contributed by atoms with van der Waals surface area (Å²) >= 11 is 3.12. The van der Waals surface area contributed by atoms with Gasteiger partial charge in [-0.3, -0.25) is 9.36 Å². The molecule has 5 nitrogen and oxygen atoms in total. The highest BCUT2D eigenvalue weighted by molar-refractivity contribution is 8.00. The fourth-order valence-electron chi connectivity index (χ4n) is 3.46. The second kappa shape index (κ2) is 8.81. The molecule has 152 valence electrons. The molecular weight excluding hydrogens is 402 g/mol. The highest BCUT2D eigenvalue weighted by atomic mass is 32.2. The van der Waals surface area contributed by atoms with Crippen molar-refractivity contribution in [1.29, 1.82) is 0 Å². The molecule has 0 saturated carbocycles. The van der Waals surface area contributed by atoms with Crippen LogP contribution in [0, 0.1) is 13.8 Å². The SMILES string of the molecule is Cc1ccc(C(=O)C(C)Sc2nnc(-c3cccs3)n2CC2CCCO2)cc1C. The number of ketones is 1. The maximum Gasteiger partial charge on any atom is 0.192 e. The molecular formula is C22H25N3O2S2. The predicted octanol–water partition coefficient (Wildman–Crippen LogP) is 5.17. The molecule has 7 heteroatoms. The number of hydrogen-bond donors (Lipinski definition) is 0. The van der Waals surface area contributed by atoms with Gasteiger partial charge >= 0.3 is 0 Å².